The fraction of sp³-hybridized carbons (Fsp3) is 0.455. The van der Waals surface area contributed by atoms with Crippen LogP contribution in [-0.2, 0) is 6.54 Å². The second kappa shape index (κ2) is 6.11. The molecule has 3 N–H and O–H groups in total. The third-order valence-corrected chi connectivity index (χ3v) is 2.64. The first-order valence-electron chi connectivity index (χ1n) is 6.31. The van der Waals surface area contributed by atoms with Crippen molar-refractivity contribution in [3.05, 3.63) is 23.5 Å². The molecule has 0 radical (unpaired) electrons. The lowest BCUT2D eigenvalue weighted by Crippen LogP contribution is -2.28. The van der Waals surface area contributed by atoms with Gasteiger partial charge in [-0.05, 0) is 0 Å². The van der Waals surface area contributed by atoms with Crippen LogP contribution in [0.1, 0.15) is 46.7 Å². The first-order valence-corrected chi connectivity index (χ1v) is 6.31. The maximum absolute atomic E-state index is 11.8. The Kier molecular flexibility index (Phi) is 4.26. The number of carboxylic acids is 1. The van der Waals surface area contributed by atoms with Gasteiger partial charge in [0.05, 0.1) is 12.7 Å². The summed E-state index contributed by atoms with van der Waals surface area (Å²) in [5, 5.41) is 24.9. The van der Waals surface area contributed by atoms with Crippen molar-refractivity contribution >= 4 is 11.9 Å². The third kappa shape index (κ3) is 3.61. The highest BCUT2D eigenvalue weighted by Gasteiger charge is 2.14. The molecule has 10 heteroatoms. The number of aromatic carboxylic acids is 1. The van der Waals surface area contributed by atoms with Crippen molar-refractivity contribution in [2.45, 2.75) is 26.3 Å². The van der Waals surface area contributed by atoms with E-state index in [1.165, 1.54) is 10.9 Å². The Hall–Kier alpha value is -2.78. The van der Waals surface area contributed by atoms with E-state index < -0.39 is 11.9 Å². The standard InChI is InChI=1S/C11H15N7O3/c1-6(2)8-13-9(16-15-8)10(19)12-3-4-18-5-7(11(20)21)14-17-18/h5-6H,3-4H2,1-2H3,(H,12,19)(H,20,21)(H,13,15,16). The number of carbonyl (C=O) groups excluding carboxylic acids is 1. The zero-order chi connectivity index (χ0) is 15.4. The van der Waals surface area contributed by atoms with Gasteiger partial charge in [0.25, 0.3) is 5.91 Å². The van der Waals surface area contributed by atoms with E-state index in [-0.39, 0.29) is 24.0 Å². The van der Waals surface area contributed by atoms with Gasteiger partial charge in [0, 0.05) is 12.5 Å². The van der Waals surface area contributed by atoms with Crippen LogP contribution in [0.2, 0.25) is 0 Å². The van der Waals surface area contributed by atoms with Crippen LogP contribution in [-0.4, -0.2) is 53.7 Å². The van der Waals surface area contributed by atoms with Gasteiger partial charge in [0.1, 0.15) is 5.82 Å². The van der Waals surface area contributed by atoms with Crippen LogP contribution >= 0.6 is 0 Å². The van der Waals surface area contributed by atoms with Crippen molar-refractivity contribution in [3.8, 4) is 0 Å². The topological polar surface area (TPSA) is 139 Å². The van der Waals surface area contributed by atoms with Gasteiger partial charge < -0.3 is 10.4 Å². The largest absolute Gasteiger partial charge is 0.476 e. The first-order chi connectivity index (χ1) is 9.97. The molecule has 0 aliphatic heterocycles. The van der Waals surface area contributed by atoms with Crippen molar-refractivity contribution < 1.29 is 14.7 Å². The lowest BCUT2D eigenvalue weighted by Gasteiger charge is -2.01. The van der Waals surface area contributed by atoms with E-state index in [1.54, 1.807) is 0 Å². The van der Waals surface area contributed by atoms with Gasteiger partial charge in [-0.2, -0.15) is 0 Å². The van der Waals surface area contributed by atoms with Crippen LogP contribution in [0.25, 0.3) is 0 Å². The van der Waals surface area contributed by atoms with E-state index >= 15 is 0 Å². The summed E-state index contributed by atoms with van der Waals surface area (Å²) in [6, 6.07) is 0. The van der Waals surface area contributed by atoms with Gasteiger partial charge in [-0.3, -0.25) is 9.89 Å². The molecule has 21 heavy (non-hydrogen) atoms. The maximum Gasteiger partial charge on any atom is 0.358 e. The molecule has 10 nitrogen and oxygen atoms in total. The molecule has 0 fully saturated rings. The van der Waals surface area contributed by atoms with Crippen molar-refractivity contribution in [1.29, 1.82) is 0 Å². The number of amides is 1. The number of aromatic amines is 1. The summed E-state index contributed by atoms with van der Waals surface area (Å²) in [6.45, 7) is 4.43. The fourth-order valence-corrected chi connectivity index (χ4v) is 1.50. The van der Waals surface area contributed by atoms with Crippen LogP contribution in [0.5, 0.6) is 0 Å². The number of carbonyl (C=O) groups is 2. The third-order valence-electron chi connectivity index (χ3n) is 2.64. The normalized spacial score (nSPS) is 10.8. The Balaban J connectivity index is 1.84. The van der Waals surface area contributed by atoms with Gasteiger partial charge in [-0.15, -0.1) is 10.2 Å². The zero-order valence-corrected chi connectivity index (χ0v) is 11.6. The second-order valence-electron chi connectivity index (χ2n) is 4.63. The highest BCUT2D eigenvalue weighted by Crippen LogP contribution is 2.07. The lowest BCUT2D eigenvalue weighted by atomic mass is 10.2. The SMILES string of the molecule is CC(C)c1nc(C(=O)NCCn2cc(C(=O)O)nn2)n[nH]1. The predicted octanol–water partition coefficient (Wildman–Crippen LogP) is -0.352. The van der Waals surface area contributed by atoms with Crippen LogP contribution in [0.4, 0.5) is 0 Å². The van der Waals surface area contributed by atoms with E-state index in [4.69, 9.17) is 5.11 Å². The molecule has 2 aromatic rings. The van der Waals surface area contributed by atoms with Crippen molar-refractivity contribution in [1.82, 2.24) is 35.5 Å². The fourth-order valence-electron chi connectivity index (χ4n) is 1.50. The molecule has 1 amide bonds. The smallest absolute Gasteiger partial charge is 0.358 e. The van der Waals surface area contributed by atoms with Crippen LogP contribution in [0.3, 0.4) is 0 Å². The Labute approximate surface area is 119 Å². The molecule has 2 heterocycles. The zero-order valence-electron chi connectivity index (χ0n) is 11.6. The summed E-state index contributed by atoms with van der Waals surface area (Å²) in [6.07, 6.45) is 1.29. The molecular formula is C11H15N7O3. The molecule has 0 bridgehead atoms. The van der Waals surface area contributed by atoms with Crippen LogP contribution < -0.4 is 5.32 Å². The molecule has 0 unspecified atom stereocenters. The Bertz CT molecular complexity index is 646. The first kappa shape index (κ1) is 14.6. The number of rotatable bonds is 6. The van der Waals surface area contributed by atoms with Gasteiger partial charge >= 0.3 is 5.97 Å². The van der Waals surface area contributed by atoms with Gasteiger partial charge in [0.15, 0.2) is 5.69 Å². The molecule has 112 valence electrons. The number of carboxylic acid groups (broad SMARTS) is 1. The number of nitrogens with one attached hydrogen (secondary N) is 2. The summed E-state index contributed by atoms with van der Waals surface area (Å²) in [5.74, 6) is -0.682. The molecule has 0 saturated carbocycles. The monoisotopic (exact) mass is 293 g/mol. The van der Waals surface area contributed by atoms with Crippen LogP contribution in [0, 0.1) is 0 Å². The number of H-pyrrole nitrogens is 1. The van der Waals surface area contributed by atoms with E-state index in [9.17, 15) is 9.59 Å². The number of aromatic nitrogens is 6. The van der Waals surface area contributed by atoms with Gasteiger partial charge in [-0.25, -0.2) is 14.5 Å². The summed E-state index contributed by atoms with van der Waals surface area (Å²) >= 11 is 0. The Morgan fingerprint density at radius 2 is 2.24 bits per heavy atom. The van der Waals surface area contributed by atoms with Crippen LogP contribution in [0.15, 0.2) is 6.20 Å². The number of hydrogen-bond acceptors (Lipinski definition) is 6. The molecule has 0 atom stereocenters. The van der Waals surface area contributed by atoms with Crippen molar-refractivity contribution in [2.75, 3.05) is 6.54 Å². The van der Waals surface area contributed by atoms with E-state index in [1.807, 2.05) is 13.8 Å². The number of nitrogens with zero attached hydrogens (tertiary/aromatic N) is 5. The lowest BCUT2D eigenvalue weighted by molar-refractivity contribution is 0.0690. The molecule has 0 saturated heterocycles. The average molecular weight is 293 g/mol. The van der Waals surface area contributed by atoms with Gasteiger partial charge in [0.2, 0.25) is 5.82 Å². The maximum atomic E-state index is 11.8. The summed E-state index contributed by atoms with van der Waals surface area (Å²) in [7, 11) is 0. The molecule has 0 aromatic carbocycles. The highest BCUT2D eigenvalue weighted by atomic mass is 16.4. The molecule has 0 aliphatic rings. The van der Waals surface area contributed by atoms with Gasteiger partial charge in [-0.1, -0.05) is 19.1 Å². The van der Waals surface area contributed by atoms with Crippen molar-refractivity contribution in [3.63, 3.8) is 0 Å². The molecule has 0 spiro atoms. The quantitative estimate of drug-likeness (QED) is 0.661. The molecule has 2 aromatic heterocycles. The minimum atomic E-state index is -1.15. The average Bonchev–Trinajstić information content (AvgIpc) is 3.07. The van der Waals surface area contributed by atoms with E-state index in [2.05, 4.69) is 30.8 Å². The van der Waals surface area contributed by atoms with E-state index in [0.717, 1.165) is 0 Å². The summed E-state index contributed by atoms with van der Waals surface area (Å²) in [4.78, 5) is 26.5. The molecular weight excluding hydrogens is 278 g/mol. The highest BCUT2D eigenvalue weighted by molar-refractivity contribution is 5.90. The molecule has 2 rings (SSSR count). The molecule has 0 aliphatic carbocycles. The number of hydrogen-bond donors (Lipinski definition) is 3. The minimum Gasteiger partial charge on any atom is -0.476 e. The Morgan fingerprint density at radius 3 is 2.81 bits per heavy atom. The second-order valence-corrected chi connectivity index (χ2v) is 4.63. The van der Waals surface area contributed by atoms with Crippen molar-refractivity contribution in [2.24, 2.45) is 0 Å². The predicted molar refractivity (Wildman–Crippen MR) is 69.8 cm³/mol. The minimum absolute atomic E-state index is 0.0727. The summed E-state index contributed by atoms with van der Waals surface area (Å²) in [5.41, 5.74) is -0.142. The Morgan fingerprint density at radius 1 is 1.48 bits per heavy atom. The van der Waals surface area contributed by atoms with E-state index in [0.29, 0.717) is 12.4 Å². The summed E-state index contributed by atoms with van der Waals surface area (Å²) < 4.78 is 1.33.